The van der Waals surface area contributed by atoms with Gasteiger partial charge in [0, 0.05) is 5.92 Å². The maximum absolute atomic E-state index is 12.0. The fourth-order valence-corrected chi connectivity index (χ4v) is 2.48. The molecule has 1 aliphatic carbocycles. The lowest BCUT2D eigenvalue weighted by Gasteiger charge is -2.23. The third-order valence-corrected chi connectivity index (χ3v) is 3.98. The number of amides is 1. The van der Waals surface area contributed by atoms with Gasteiger partial charge in [-0.1, -0.05) is 33.6 Å². The van der Waals surface area contributed by atoms with E-state index >= 15 is 0 Å². The second-order valence-electron chi connectivity index (χ2n) is 5.22. The van der Waals surface area contributed by atoms with Crippen molar-refractivity contribution in [2.75, 3.05) is 0 Å². The number of carboxylic acid groups (broad SMARTS) is 1. The Morgan fingerprint density at radius 1 is 1.41 bits per heavy atom. The number of carbonyl (C=O) groups is 2. The minimum absolute atomic E-state index is 0.000839. The van der Waals surface area contributed by atoms with Crippen molar-refractivity contribution in [3.63, 3.8) is 0 Å². The first-order chi connectivity index (χ1) is 7.97. The average molecular weight is 241 g/mol. The predicted molar refractivity (Wildman–Crippen MR) is 65.5 cm³/mol. The van der Waals surface area contributed by atoms with Crippen molar-refractivity contribution >= 4 is 11.9 Å². The number of rotatable bonds is 5. The first kappa shape index (κ1) is 14.0. The topological polar surface area (TPSA) is 66.4 Å². The quantitative estimate of drug-likeness (QED) is 0.774. The van der Waals surface area contributed by atoms with Crippen molar-refractivity contribution in [1.29, 1.82) is 0 Å². The van der Waals surface area contributed by atoms with Crippen LogP contribution >= 0.6 is 0 Å². The van der Waals surface area contributed by atoms with Gasteiger partial charge in [-0.15, -0.1) is 0 Å². The van der Waals surface area contributed by atoms with Gasteiger partial charge >= 0.3 is 5.97 Å². The van der Waals surface area contributed by atoms with E-state index in [4.69, 9.17) is 5.11 Å². The average Bonchev–Trinajstić information content (AvgIpc) is 2.70. The van der Waals surface area contributed by atoms with E-state index in [1.54, 1.807) is 0 Å². The van der Waals surface area contributed by atoms with Crippen molar-refractivity contribution in [2.45, 2.75) is 52.5 Å². The second kappa shape index (κ2) is 6.03. The smallest absolute Gasteiger partial charge is 0.326 e. The standard InChI is InChI=1S/C13H23NO3/c1-4-8(2)11(13(16)17)14-12(15)10-7-5-6-9(10)3/h8-11H,4-7H2,1-3H3,(H,14,15)(H,16,17)/t8-,9?,10?,11-/m0/s1. The van der Waals surface area contributed by atoms with E-state index in [-0.39, 0.29) is 17.7 Å². The largest absolute Gasteiger partial charge is 0.480 e. The van der Waals surface area contributed by atoms with Crippen molar-refractivity contribution < 1.29 is 14.7 Å². The molecule has 4 atom stereocenters. The Balaban J connectivity index is 2.61. The van der Waals surface area contributed by atoms with E-state index < -0.39 is 12.0 Å². The van der Waals surface area contributed by atoms with E-state index in [1.165, 1.54) is 0 Å². The van der Waals surface area contributed by atoms with Crippen molar-refractivity contribution in [3.8, 4) is 0 Å². The summed E-state index contributed by atoms with van der Waals surface area (Å²) >= 11 is 0. The van der Waals surface area contributed by atoms with Gasteiger partial charge in [0.2, 0.25) is 5.91 Å². The van der Waals surface area contributed by atoms with Gasteiger partial charge in [0.1, 0.15) is 6.04 Å². The zero-order valence-electron chi connectivity index (χ0n) is 10.9. The molecule has 2 N–H and O–H groups in total. The van der Waals surface area contributed by atoms with Crippen LogP contribution in [-0.2, 0) is 9.59 Å². The van der Waals surface area contributed by atoms with Crippen LogP contribution < -0.4 is 5.32 Å². The van der Waals surface area contributed by atoms with Gasteiger partial charge in [-0.2, -0.15) is 0 Å². The fourth-order valence-electron chi connectivity index (χ4n) is 2.48. The predicted octanol–water partition coefficient (Wildman–Crippen LogP) is 2.04. The molecule has 0 radical (unpaired) electrons. The van der Waals surface area contributed by atoms with Crippen LogP contribution in [0.3, 0.4) is 0 Å². The van der Waals surface area contributed by atoms with Crippen molar-refractivity contribution in [2.24, 2.45) is 17.8 Å². The minimum atomic E-state index is -0.932. The second-order valence-corrected chi connectivity index (χ2v) is 5.22. The van der Waals surface area contributed by atoms with Crippen molar-refractivity contribution in [1.82, 2.24) is 5.32 Å². The molecule has 1 amide bonds. The number of hydrogen-bond donors (Lipinski definition) is 2. The molecule has 98 valence electrons. The highest BCUT2D eigenvalue weighted by Crippen LogP contribution is 2.31. The summed E-state index contributed by atoms with van der Waals surface area (Å²) in [6, 6.07) is -0.750. The van der Waals surface area contributed by atoms with E-state index in [0.29, 0.717) is 5.92 Å². The molecular formula is C13H23NO3. The molecule has 1 rings (SSSR count). The van der Waals surface area contributed by atoms with E-state index in [9.17, 15) is 9.59 Å². The van der Waals surface area contributed by atoms with Gasteiger partial charge in [-0.05, 0) is 24.7 Å². The molecule has 2 unspecified atom stereocenters. The van der Waals surface area contributed by atoms with Crippen LogP contribution in [0, 0.1) is 17.8 Å². The van der Waals surface area contributed by atoms with Gasteiger partial charge in [0.05, 0.1) is 0 Å². The highest BCUT2D eigenvalue weighted by molar-refractivity contribution is 5.85. The van der Waals surface area contributed by atoms with Crippen molar-refractivity contribution in [3.05, 3.63) is 0 Å². The first-order valence-corrected chi connectivity index (χ1v) is 6.50. The molecule has 0 bridgehead atoms. The van der Waals surface area contributed by atoms with Crippen LogP contribution in [0.25, 0.3) is 0 Å². The Labute approximate surface area is 103 Å². The molecule has 4 heteroatoms. The maximum atomic E-state index is 12.0. The SMILES string of the molecule is CC[C@H](C)[C@H](NC(=O)C1CCCC1C)C(=O)O. The third kappa shape index (κ3) is 3.45. The number of carbonyl (C=O) groups excluding carboxylic acids is 1. The molecular weight excluding hydrogens is 218 g/mol. The fraction of sp³-hybridized carbons (Fsp3) is 0.846. The Morgan fingerprint density at radius 2 is 2.06 bits per heavy atom. The summed E-state index contributed by atoms with van der Waals surface area (Å²) < 4.78 is 0. The Hall–Kier alpha value is -1.06. The lowest BCUT2D eigenvalue weighted by molar-refractivity contribution is -0.144. The highest BCUT2D eigenvalue weighted by Gasteiger charge is 2.33. The van der Waals surface area contributed by atoms with Gasteiger partial charge < -0.3 is 10.4 Å². The van der Waals surface area contributed by atoms with Crippen LogP contribution in [-0.4, -0.2) is 23.0 Å². The van der Waals surface area contributed by atoms with Crippen LogP contribution in [0.1, 0.15) is 46.5 Å². The molecule has 0 aromatic heterocycles. The molecule has 0 aromatic rings. The van der Waals surface area contributed by atoms with Gasteiger partial charge in [-0.3, -0.25) is 4.79 Å². The summed E-state index contributed by atoms with van der Waals surface area (Å²) in [5, 5.41) is 11.8. The summed E-state index contributed by atoms with van der Waals surface area (Å²) in [6.07, 6.45) is 3.77. The minimum Gasteiger partial charge on any atom is -0.480 e. The highest BCUT2D eigenvalue weighted by atomic mass is 16.4. The molecule has 1 saturated carbocycles. The molecule has 1 fully saturated rings. The summed E-state index contributed by atoms with van der Waals surface area (Å²) in [5.74, 6) is -0.670. The molecule has 0 aromatic carbocycles. The van der Waals surface area contributed by atoms with Crippen LogP contribution in [0.2, 0.25) is 0 Å². The van der Waals surface area contributed by atoms with Gasteiger partial charge in [0.25, 0.3) is 0 Å². The van der Waals surface area contributed by atoms with E-state index in [2.05, 4.69) is 12.2 Å². The Bertz CT molecular complexity index is 290. The monoisotopic (exact) mass is 241 g/mol. The zero-order valence-corrected chi connectivity index (χ0v) is 10.9. The third-order valence-electron chi connectivity index (χ3n) is 3.98. The zero-order chi connectivity index (χ0) is 13.0. The molecule has 0 spiro atoms. The number of carboxylic acids is 1. The van der Waals surface area contributed by atoms with E-state index in [0.717, 1.165) is 25.7 Å². The van der Waals surface area contributed by atoms with E-state index in [1.807, 2.05) is 13.8 Å². The lowest BCUT2D eigenvalue weighted by Crippen LogP contribution is -2.47. The number of hydrogen-bond acceptors (Lipinski definition) is 2. The molecule has 0 aliphatic heterocycles. The van der Waals surface area contributed by atoms with Gasteiger partial charge in [0.15, 0.2) is 0 Å². The van der Waals surface area contributed by atoms with Crippen LogP contribution in [0.5, 0.6) is 0 Å². The molecule has 4 nitrogen and oxygen atoms in total. The summed E-state index contributed by atoms with van der Waals surface area (Å²) in [6.45, 7) is 5.86. The number of nitrogens with one attached hydrogen (secondary N) is 1. The lowest BCUT2D eigenvalue weighted by atomic mass is 9.94. The molecule has 0 saturated heterocycles. The molecule has 1 aliphatic rings. The number of aliphatic carboxylic acids is 1. The normalized spacial score (nSPS) is 27.5. The summed E-state index contributed by atoms with van der Waals surface area (Å²) in [7, 11) is 0. The molecule has 0 heterocycles. The summed E-state index contributed by atoms with van der Waals surface area (Å²) in [5.41, 5.74) is 0. The first-order valence-electron chi connectivity index (χ1n) is 6.50. The van der Waals surface area contributed by atoms with Crippen LogP contribution in [0.4, 0.5) is 0 Å². The molecule has 17 heavy (non-hydrogen) atoms. The Morgan fingerprint density at radius 3 is 2.47 bits per heavy atom. The Kier molecular flexibility index (Phi) is 4.97. The van der Waals surface area contributed by atoms with Crippen LogP contribution in [0.15, 0.2) is 0 Å². The summed E-state index contributed by atoms with van der Waals surface area (Å²) in [4.78, 5) is 23.1. The van der Waals surface area contributed by atoms with Gasteiger partial charge in [-0.25, -0.2) is 4.79 Å². The maximum Gasteiger partial charge on any atom is 0.326 e.